The molecule has 4 nitrogen and oxygen atoms in total. The lowest BCUT2D eigenvalue weighted by atomic mass is 9.79. The van der Waals surface area contributed by atoms with Crippen molar-refractivity contribution in [2.75, 3.05) is 0 Å². The normalized spacial score (nSPS) is 11.4. The summed E-state index contributed by atoms with van der Waals surface area (Å²) in [5.74, 6) is 5.25. The summed E-state index contributed by atoms with van der Waals surface area (Å²) in [5, 5.41) is 10.3. The smallest absolute Gasteiger partial charge is 0.238 e. The van der Waals surface area contributed by atoms with Crippen LogP contribution in [0.1, 0.15) is 50.8 Å². The number of benzene rings is 1. The Balaban J connectivity index is 3.30. The molecule has 0 saturated heterocycles. The number of aryl methyl sites for hydroxylation is 1. The summed E-state index contributed by atoms with van der Waals surface area (Å²) >= 11 is 0. The van der Waals surface area contributed by atoms with Gasteiger partial charge in [-0.1, -0.05) is 39.8 Å². The van der Waals surface area contributed by atoms with Gasteiger partial charge in [-0.3, -0.25) is 10.2 Å². The highest BCUT2D eigenvalue weighted by atomic mass is 16.3. The number of hydrogen-bond acceptors (Lipinski definition) is 3. The zero-order valence-electron chi connectivity index (χ0n) is 12.2. The van der Waals surface area contributed by atoms with E-state index >= 15 is 0 Å². The lowest BCUT2D eigenvalue weighted by Crippen LogP contribution is -2.31. The average molecular weight is 264 g/mol. The second kappa shape index (κ2) is 6.06. The zero-order chi connectivity index (χ0) is 14.6. The van der Waals surface area contributed by atoms with E-state index in [1.165, 1.54) is 0 Å². The molecular formula is C15H24N2O2. The van der Waals surface area contributed by atoms with Crippen molar-refractivity contribution in [2.24, 2.45) is 5.84 Å². The average Bonchev–Trinajstić information content (AvgIpc) is 2.40. The van der Waals surface area contributed by atoms with Crippen molar-refractivity contribution in [1.29, 1.82) is 0 Å². The van der Waals surface area contributed by atoms with Crippen LogP contribution in [-0.4, -0.2) is 11.0 Å². The predicted molar refractivity (Wildman–Crippen MR) is 76.8 cm³/mol. The van der Waals surface area contributed by atoms with Gasteiger partial charge in [-0.2, -0.15) is 0 Å². The predicted octanol–water partition coefficient (Wildman–Crippen LogP) is 2.17. The monoisotopic (exact) mass is 264 g/mol. The SMILES string of the molecule is CCc1cc(CC(=O)NN)cc(C(C)(C)CC)c1O. The van der Waals surface area contributed by atoms with Gasteiger partial charge in [0.2, 0.25) is 5.91 Å². The van der Waals surface area contributed by atoms with Crippen LogP contribution in [0.4, 0.5) is 0 Å². The molecule has 1 rings (SSSR count). The molecule has 19 heavy (non-hydrogen) atoms. The lowest BCUT2D eigenvalue weighted by molar-refractivity contribution is -0.120. The molecule has 0 spiro atoms. The van der Waals surface area contributed by atoms with Gasteiger partial charge in [0.05, 0.1) is 6.42 Å². The van der Waals surface area contributed by atoms with Gasteiger partial charge in [0, 0.05) is 5.56 Å². The van der Waals surface area contributed by atoms with Crippen LogP contribution < -0.4 is 11.3 Å². The van der Waals surface area contributed by atoms with Gasteiger partial charge in [0.1, 0.15) is 5.75 Å². The van der Waals surface area contributed by atoms with E-state index in [-0.39, 0.29) is 17.7 Å². The van der Waals surface area contributed by atoms with Crippen molar-refractivity contribution in [2.45, 2.75) is 52.4 Å². The number of aromatic hydroxyl groups is 1. The van der Waals surface area contributed by atoms with Gasteiger partial charge in [-0.15, -0.1) is 0 Å². The number of phenols is 1. The Morgan fingerprint density at radius 1 is 1.37 bits per heavy atom. The number of hydrazine groups is 1. The first-order chi connectivity index (χ1) is 8.85. The minimum atomic E-state index is -0.229. The molecule has 0 atom stereocenters. The van der Waals surface area contributed by atoms with Gasteiger partial charge in [0.25, 0.3) is 0 Å². The van der Waals surface area contributed by atoms with Crippen molar-refractivity contribution in [3.8, 4) is 5.75 Å². The van der Waals surface area contributed by atoms with Gasteiger partial charge in [-0.25, -0.2) is 5.84 Å². The van der Waals surface area contributed by atoms with Crippen LogP contribution in [0.5, 0.6) is 5.75 Å². The van der Waals surface area contributed by atoms with E-state index in [0.29, 0.717) is 5.75 Å². The van der Waals surface area contributed by atoms with E-state index < -0.39 is 0 Å². The third-order valence-electron chi connectivity index (χ3n) is 3.77. The molecule has 0 bridgehead atoms. The summed E-state index contributed by atoms with van der Waals surface area (Å²) in [5.41, 5.74) is 4.67. The van der Waals surface area contributed by atoms with Crippen LogP contribution in [0.3, 0.4) is 0 Å². The maximum atomic E-state index is 11.4. The highest BCUT2D eigenvalue weighted by Gasteiger charge is 2.24. The van der Waals surface area contributed by atoms with Gasteiger partial charge in [0.15, 0.2) is 0 Å². The molecule has 0 aliphatic heterocycles. The second-order valence-electron chi connectivity index (χ2n) is 5.49. The largest absolute Gasteiger partial charge is 0.507 e. The molecule has 0 radical (unpaired) electrons. The Kier molecular flexibility index (Phi) is 4.95. The maximum absolute atomic E-state index is 11.4. The number of phenolic OH excluding ortho intramolecular Hbond substituents is 1. The Morgan fingerprint density at radius 3 is 2.47 bits per heavy atom. The number of rotatable bonds is 5. The lowest BCUT2D eigenvalue weighted by Gasteiger charge is -2.26. The first-order valence-electron chi connectivity index (χ1n) is 6.70. The fourth-order valence-corrected chi connectivity index (χ4v) is 2.07. The van der Waals surface area contributed by atoms with Gasteiger partial charge in [-0.05, 0) is 29.4 Å². The first kappa shape index (κ1) is 15.5. The Morgan fingerprint density at radius 2 is 2.00 bits per heavy atom. The number of nitrogens with one attached hydrogen (secondary N) is 1. The number of amides is 1. The van der Waals surface area contributed by atoms with Crippen molar-refractivity contribution in [1.82, 2.24) is 5.43 Å². The minimum Gasteiger partial charge on any atom is -0.507 e. The van der Waals surface area contributed by atoms with Crippen molar-refractivity contribution >= 4 is 5.91 Å². The summed E-state index contributed by atoms with van der Waals surface area (Å²) in [6, 6.07) is 3.78. The Labute approximate surface area is 115 Å². The number of hydrogen-bond donors (Lipinski definition) is 3. The third-order valence-corrected chi connectivity index (χ3v) is 3.77. The Bertz CT molecular complexity index is 467. The van der Waals surface area contributed by atoms with Crippen molar-refractivity contribution in [3.63, 3.8) is 0 Å². The number of nitrogens with two attached hydrogens (primary N) is 1. The zero-order valence-corrected chi connectivity index (χ0v) is 12.2. The van der Waals surface area contributed by atoms with E-state index in [1.807, 2.05) is 19.1 Å². The van der Waals surface area contributed by atoms with Gasteiger partial charge >= 0.3 is 0 Å². The third kappa shape index (κ3) is 3.47. The van der Waals surface area contributed by atoms with E-state index in [9.17, 15) is 9.90 Å². The second-order valence-corrected chi connectivity index (χ2v) is 5.49. The molecule has 0 unspecified atom stereocenters. The molecule has 1 aromatic rings. The molecule has 106 valence electrons. The molecule has 0 saturated carbocycles. The van der Waals surface area contributed by atoms with Crippen LogP contribution in [0.15, 0.2) is 12.1 Å². The molecule has 0 aromatic heterocycles. The first-order valence-corrected chi connectivity index (χ1v) is 6.70. The molecule has 0 heterocycles. The quantitative estimate of drug-likeness (QED) is 0.433. The van der Waals surface area contributed by atoms with Crippen molar-refractivity contribution in [3.05, 3.63) is 28.8 Å². The summed E-state index contributed by atoms with van der Waals surface area (Å²) in [6.07, 6.45) is 1.88. The standard InChI is InChI=1S/C15H24N2O2/c1-5-11-7-10(9-13(18)17-16)8-12(14(11)19)15(3,4)6-2/h7-8,19H,5-6,9,16H2,1-4H3,(H,17,18). The molecule has 1 amide bonds. The van der Waals surface area contributed by atoms with E-state index in [1.54, 1.807) is 0 Å². The fourth-order valence-electron chi connectivity index (χ4n) is 2.07. The molecule has 4 heteroatoms. The van der Waals surface area contributed by atoms with Crippen LogP contribution in [0.25, 0.3) is 0 Å². The summed E-state index contributed by atoms with van der Waals surface area (Å²) in [7, 11) is 0. The summed E-state index contributed by atoms with van der Waals surface area (Å²) in [6.45, 7) is 8.26. The molecule has 4 N–H and O–H groups in total. The summed E-state index contributed by atoms with van der Waals surface area (Å²) in [4.78, 5) is 11.4. The highest BCUT2D eigenvalue weighted by Crippen LogP contribution is 2.37. The fraction of sp³-hybridized carbons (Fsp3) is 0.533. The number of carbonyl (C=O) groups is 1. The molecule has 0 aliphatic carbocycles. The molecule has 0 fully saturated rings. The maximum Gasteiger partial charge on any atom is 0.238 e. The van der Waals surface area contributed by atoms with Crippen molar-refractivity contribution < 1.29 is 9.90 Å². The highest BCUT2D eigenvalue weighted by molar-refractivity contribution is 5.78. The van der Waals surface area contributed by atoms with E-state index in [4.69, 9.17) is 5.84 Å². The van der Waals surface area contributed by atoms with Crippen LogP contribution in [0, 0.1) is 0 Å². The van der Waals surface area contributed by atoms with Crippen LogP contribution >= 0.6 is 0 Å². The molecule has 0 aliphatic rings. The molecule has 1 aromatic carbocycles. The number of carbonyl (C=O) groups excluding carboxylic acids is 1. The van der Waals surface area contributed by atoms with E-state index in [0.717, 1.165) is 29.5 Å². The Hall–Kier alpha value is -1.55. The van der Waals surface area contributed by atoms with Gasteiger partial charge < -0.3 is 5.11 Å². The van der Waals surface area contributed by atoms with Crippen LogP contribution in [0.2, 0.25) is 0 Å². The van der Waals surface area contributed by atoms with Crippen LogP contribution in [-0.2, 0) is 23.1 Å². The van der Waals surface area contributed by atoms with E-state index in [2.05, 4.69) is 26.2 Å². The minimum absolute atomic E-state index is 0.122. The topological polar surface area (TPSA) is 75.4 Å². The molecular weight excluding hydrogens is 240 g/mol. The summed E-state index contributed by atoms with van der Waals surface area (Å²) < 4.78 is 0.